The van der Waals surface area contributed by atoms with Gasteiger partial charge in [-0.25, -0.2) is 9.97 Å². The van der Waals surface area contributed by atoms with Crippen LogP contribution in [0, 0.1) is 5.92 Å². The molecule has 0 radical (unpaired) electrons. The molecule has 2 aliphatic carbocycles. The number of nitrogens with one attached hydrogen (secondary N) is 2. The second-order valence-electron chi connectivity index (χ2n) is 11.4. The zero-order valence-electron chi connectivity index (χ0n) is 22.4. The Morgan fingerprint density at radius 2 is 1.79 bits per heavy atom. The maximum absolute atomic E-state index is 13.2. The van der Waals surface area contributed by atoms with E-state index in [1.807, 2.05) is 7.05 Å². The van der Waals surface area contributed by atoms with Crippen molar-refractivity contribution in [2.45, 2.75) is 75.9 Å². The van der Waals surface area contributed by atoms with Gasteiger partial charge in [0.2, 0.25) is 11.5 Å². The van der Waals surface area contributed by atoms with Crippen LogP contribution in [0.25, 0.3) is 0 Å². The summed E-state index contributed by atoms with van der Waals surface area (Å²) in [6, 6.07) is 4.17. The predicted octanol–water partition coefficient (Wildman–Crippen LogP) is 3.01. The van der Waals surface area contributed by atoms with Crippen molar-refractivity contribution >= 4 is 29.1 Å². The van der Waals surface area contributed by atoms with E-state index in [0.29, 0.717) is 17.0 Å². The molecule has 2 aromatic rings. The third-order valence-electron chi connectivity index (χ3n) is 8.82. The van der Waals surface area contributed by atoms with Crippen LogP contribution >= 0.6 is 0 Å². The zero-order chi connectivity index (χ0) is 26.2. The molecule has 4 heterocycles. The van der Waals surface area contributed by atoms with Crippen LogP contribution in [0.15, 0.2) is 29.5 Å². The van der Waals surface area contributed by atoms with E-state index in [-0.39, 0.29) is 35.9 Å². The molecule has 2 N–H and O–H groups in total. The summed E-state index contributed by atoms with van der Waals surface area (Å²) in [7, 11) is 3.97. The molecule has 202 valence electrons. The average Bonchev–Trinajstić information content (AvgIpc) is 3.61. The van der Waals surface area contributed by atoms with Gasteiger partial charge in [0.25, 0.3) is 5.91 Å². The first kappa shape index (κ1) is 25.0. The van der Waals surface area contributed by atoms with Crippen molar-refractivity contribution in [3.05, 3.63) is 35.7 Å². The van der Waals surface area contributed by atoms with Gasteiger partial charge >= 0.3 is 0 Å². The lowest BCUT2D eigenvalue weighted by Crippen LogP contribution is -2.43. The Hall–Kier alpha value is -3.27. The average molecular weight is 519 g/mol. The van der Waals surface area contributed by atoms with Gasteiger partial charge in [0.15, 0.2) is 5.82 Å². The molecular formula is C28H38N8O2. The summed E-state index contributed by atoms with van der Waals surface area (Å²) in [5.41, 5.74) is 1.93. The molecule has 2 atom stereocenters. The van der Waals surface area contributed by atoms with E-state index in [1.165, 1.54) is 12.8 Å². The Morgan fingerprint density at radius 3 is 2.53 bits per heavy atom. The van der Waals surface area contributed by atoms with Crippen molar-refractivity contribution in [2.75, 3.05) is 37.4 Å². The first-order valence-electron chi connectivity index (χ1n) is 14.1. The quantitative estimate of drug-likeness (QED) is 0.644. The van der Waals surface area contributed by atoms with Crippen LogP contribution in [0.2, 0.25) is 0 Å². The number of pyridine rings is 1. The minimum atomic E-state index is -0.0919. The van der Waals surface area contributed by atoms with Crippen LogP contribution in [-0.2, 0) is 4.79 Å². The summed E-state index contributed by atoms with van der Waals surface area (Å²) in [5, 5.41) is 6.89. The second kappa shape index (κ2) is 10.5. The molecule has 2 aliphatic heterocycles. The fraction of sp³-hybridized carbons (Fsp3) is 0.607. The third-order valence-corrected chi connectivity index (χ3v) is 8.82. The minimum Gasteiger partial charge on any atom is -0.366 e. The summed E-state index contributed by atoms with van der Waals surface area (Å²) in [4.78, 5) is 44.1. The summed E-state index contributed by atoms with van der Waals surface area (Å²) < 4.78 is 2.20. The van der Waals surface area contributed by atoms with Gasteiger partial charge in [-0.3, -0.25) is 14.2 Å². The van der Waals surface area contributed by atoms with Gasteiger partial charge in [-0.1, -0.05) is 19.3 Å². The molecule has 10 nitrogen and oxygen atoms in total. The smallest absolute Gasteiger partial charge is 0.253 e. The van der Waals surface area contributed by atoms with E-state index in [0.717, 1.165) is 69.5 Å². The van der Waals surface area contributed by atoms with E-state index in [1.54, 1.807) is 29.4 Å². The molecule has 0 spiro atoms. The number of nitrogens with zero attached hydrogens (tertiary/aromatic N) is 6. The first-order valence-corrected chi connectivity index (χ1v) is 14.1. The van der Waals surface area contributed by atoms with Crippen LogP contribution in [0.3, 0.4) is 0 Å². The first-order chi connectivity index (χ1) is 18.5. The molecular weight excluding hydrogens is 480 g/mol. The Labute approximate surface area is 223 Å². The van der Waals surface area contributed by atoms with Crippen LogP contribution in [0.5, 0.6) is 0 Å². The molecule has 4 aliphatic rings. The van der Waals surface area contributed by atoms with Crippen molar-refractivity contribution in [2.24, 2.45) is 10.9 Å². The van der Waals surface area contributed by atoms with E-state index >= 15 is 0 Å². The predicted molar refractivity (Wildman–Crippen MR) is 145 cm³/mol. The monoisotopic (exact) mass is 518 g/mol. The maximum atomic E-state index is 13.2. The number of carbonyl (C=O) groups is 2. The largest absolute Gasteiger partial charge is 0.366 e. The highest BCUT2D eigenvalue weighted by Gasteiger charge is 2.40. The molecule has 2 aromatic heterocycles. The summed E-state index contributed by atoms with van der Waals surface area (Å²) in [6.07, 6.45) is 12.7. The summed E-state index contributed by atoms with van der Waals surface area (Å²) >= 11 is 0. The zero-order valence-corrected chi connectivity index (χ0v) is 22.4. The highest BCUT2D eigenvalue weighted by Crippen LogP contribution is 2.40. The normalized spacial score (nSPS) is 25.2. The number of piperidine rings is 1. The van der Waals surface area contributed by atoms with Crippen LogP contribution < -0.4 is 21.2 Å². The van der Waals surface area contributed by atoms with Gasteiger partial charge in [0.05, 0.1) is 17.7 Å². The topological polar surface area (TPSA) is 108 Å². The van der Waals surface area contributed by atoms with E-state index in [4.69, 9.17) is 9.98 Å². The number of fused-ring (bicyclic) bond motifs is 2. The molecule has 2 saturated carbocycles. The highest BCUT2D eigenvalue weighted by atomic mass is 16.2. The SMILES string of the molecule is CN1CCC(NC(=O)c2ccc(N=c3ncc4c(n3C3CCCC3)NC3CCCC3C(=O)N4C)nc2)CC1. The second-order valence-corrected chi connectivity index (χ2v) is 11.4. The lowest BCUT2D eigenvalue weighted by Gasteiger charge is -2.29. The fourth-order valence-corrected chi connectivity index (χ4v) is 6.53. The number of carbonyl (C=O) groups excluding carboxylic acids is 2. The molecule has 1 saturated heterocycles. The van der Waals surface area contributed by atoms with Crippen LogP contribution in [0.1, 0.15) is 74.2 Å². The summed E-state index contributed by atoms with van der Waals surface area (Å²) in [5.74, 6) is 1.52. The van der Waals surface area contributed by atoms with E-state index < -0.39 is 0 Å². The molecule has 6 rings (SSSR count). The van der Waals surface area contributed by atoms with Crippen LogP contribution in [0.4, 0.5) is 17.3 Å². The number of amides is 2. The molecule has 0 aromatic carbocycles. The van der Waals surface area contributed by atoms with Gasteiger partial charge < -0.3 is 20.4 Å². The lowest BCUT2D eigenvalue weighted by molar-refractivity contribution is -0.122. The Balaban J connectivity index is 1.31. The molecule has 0 bridgehead atoms. The highest BCUT2D eigenvalue weighted by molar-refractivity contribution is 5.99. The number of hydrogen-bond acceptors (Lipinski definition) is 7. The van der Waals surface area contributed by atoms with Gasteiger partial charge in [-0.2, -0.15) is 4.99 Å². The molecule has 38 heavy (non-hydrogen) atoms. The molecule has 2 amide bonds. The van der Waals surface area contributed by atoms with Crippen LogP contribution in [-0.4, -0.2) is 70.5 Å². The number of likely N-dealkylation sites (tertiary alicyclic amines) is 1. The van der Waals surface area contributed by atoms with Gasteiger partial charge in [0, 0.05) is 31.4 Å². The number of rotatable bonds is 4. The van der Waals surface area contributed by atoms with Crippen molar-refractivity contribution < 1.29 is 9.59 Å². The fourth-order valence-electron chi connectivity index (χ4n) is 6.53. The molecule has 2 unspecified atom stereocenters. The molecule has 3 fully saturated rings. The van der Waals surface area contributed by atoms with Crippen molar-refractivity contribution in [3.8, 4) is 0 Å². The minimum absolute atomic E-state index is 0.000284. The Bertz CT molecular complexity index is 1260. The standard InChI is InChI=1S/C28H38N8O2/c1-34-14-12-19(13-15-34)31-26(37)18-10-11-24(29-16-18)33-28-30-17-23-25(36(28)20-6-3-4-7-20)32-22-9-5-8-21(22)27(38)35(23)2/h10-11,16-17,19-22,32H,3-9,12-15H2,1-2H3,(H,31,37). The van der Waals surface area contributed by atoms with Gasteiger partial charge in [-0.05, 0) is 70.8 Å². The van der Waals surface area contributed by atoms with Crippen molar-refractivity contribution in [3.63, 3.8) is 0 Å². The Kier molecular flexibility index (Phi) is 6.90. The number of aromatic nitrogens is 3. The van der Waals surface area contributed by atoms with Gasteiger partial charge in [-0.15, -0.1) is 0 Å². The molecule has 10 heteroatoms. The lowest BCUT2D eigenvalue weighted by atomic mass is 10.0. The summed E-state index contributed by atoms with van der Waals surface area (Å²) in [6.45, 7) is 1.99. The number of hydrogen-bond donors (Lipinski definition) is 2. The van der Waals surface area contributed by atoms with Crippen molar-refractivity contribution in [1.29, 1.82) is 0 Å². The van der Waals surface area contributed by atoms with E-state index in [9.17, 15) is 9.59 Å². The Morgan fingerprint density at radius 1 is 1.00 bits per heavy atom. The maximum Gasteiger partial charge on any atom is 0.253 e. The van der Waals surface area contributed by atoms with E-state index in [2.05, 4.69) is 32.1 Å². The number of anilines is 2. The third kappa shape index (κ3) is 4.81. The van der Waals surface area contributed by atoms with Crippen molar-refractivity contribution in [1.82, 2.24) is 24.8 Å². The van der Waals surface area contributed by atoms with Gasteiger partial charge in [0.1, 0.15) is 11.5 Å².